The minimum atomic E-state index is -4.37. The van der Waals surface area contributed by atoms with E-state index in [1.807, 2.05) is 19.1 Å². The molecular formula is C26H32F3N3O2Si. The van der Waals surface area contributed by atoms with Crippen molar-refractivity contribution < 1.29 is 22.7 Å². The molecule has 1 fully saturated rings. The highest BCUT2D eigenvalue weighted by Crippen LogP contribution is 2.38. The second kappa shape index (κ2) is 9.50. The third-order valence-electron chi connectivity index (χ3n) is 6.64. The van der Waals surface area contributed by atoms with Crippen molar-refractivity contribution in [1.82, 2.24) is 9.88 Å². The van der Waals surface area contributed by atoms with Crippen molar-refractivity contribution in [3.05, 3.63) is 53.3 Å². The van der Waals surface area contributed by atoms with E-state index in [2.05, 4.69) is 24.6 Å². The van der Waals surface area contributed by atoms with Crippen molar-refractivity contribution in [2.24, 2.45) is 4.99 Å². The molecule has 0 saturated carbocycles. The summed E-state index contributed by atoms with van der Waals surface area (Å²) in [6, 6.07) is 9.87. The Bertz CT molecular complexity index is 1130. The number of nitrogens with zero attached hydrogens (tertiary/aromatic N) is 3. The Morgan fingerprint density at radius 3 is 2.46 bits per heavy atom. The van der Waals surface area contributed by atoms with Crippen LogP contribution in [0, 0.1) is 6.92 Å². The summed E-state index contributed by atoms with van der Waals surface area (Å²) in [5.41, 5.74) is 2.22. The molecule has 188 valence electrons. The highest BCUT2D eigenvalue weighted by molar-refractivity contribution is 6.76. The van der Waals surface area contributed by atoms with Gasteiger partial charge in [0.1, 0.15) is 12.3 Å². The first-order valence-electron chi connectivity index (χ1n) is 12.0. The second-order valence-corrected chi connectivity index (χ2v) is 16.3. The molecule has 2 aliphatic heterocycles. The van der Waals surface area contributed by atoms with Crippen molar-refractivity contribution in [3.63, 3.8) is 0 Å². The number of aliphatic imine (C=N–C) groups is 1. The lowest BCUT2D eigenvalue weighted by Crippen LogP contribution is -2.38. The summed E-state index contributed by atoms with van der Waals surface area (Å²) < 4.78 is 44.6. The standard InChI is InChI=1S/C26H32F3N3O2Si/c1-18-15-20(19-5-7-21(8-6-19)26(27,28)29)16-23(30-18)22-9-10-25(31-22)11-12-32(24(25)33)17-34-13-14-35(2,3)4/h5-8,15-16H,9-14,17H2,1-4H3/t25-/m0/s1. The molecule has 1 saturated heterocycles. The number of aromatic nitrogens is 1. The van der Waals surface area contributed by atoms with E-state index in [9.17, 15) is 18.0 Å². The third-order valence-corrected chi connectivity index (χ3v) is 8.35. The molecule has 5 nitrogen and oxygen atoms in total. The van der Waals surface area contributed by atoms with Crippen LogP contribution < -0.4 is 0 Å². The Morgan fingerprint density at radius 1 is 1.09 bits per heavy atom. The van der Waals surface area contributed by atoms with Gasteiger partial charge in [0.25, 0.3) is 5.91 Å². The van der Waals surface area contributed by atoms with Gasteiger partial charge in [0.15, 0.2) is 0 Å². The maximum Gasteiger partial charge on any atom is 0.416 e. The van der Waals surface area contributed by atoms with Crippen LogP contribution >= 0.6 is 0 Å². The van der Waals surface area contributed by atoms with Gasteiger partial charge < -0.3 is 9.64 Å². The Hall–Kier alpha value is -2.52. The molecule has 0 N–H and O–H groups in total. The Kier molecular flexibility index (Phi) is 6.94. The zero-order valence-electron chi connectivity index (χ0n) is 20.7. The number of hydrogen-bond acceptors (Lipinski definition) is 4. The van der Waals surface area contributed by atoms with Gasteiger partial charge in [-0.3, -0.25) is 14.8 Å². The number of alkyl halides is 3. The first kappa shape index (κ1) is 25.6. The molecule has 9 heteroatoms. The van der Waals surface area contributed by atoms with Crippen molar-refractivity contribution in [2.75, 3.05) is 19.9 Å². The number of carbonyl (C=O) groups is 1. The fraction of sp³-hybridized carbons (Fsp3) is 0.500. The Balaban J connectivity index is 1.49. The first-order valence-corrected chi connectivity index (χ1v) is 15.7. The number of halogens is 3. The molecule has 3 heterocycles. The van der Waals surface area contributed by atoms with Gasteiger partial charge in [0.05, 0.1) is 17.0 Å². The van der Waals surface area contributed by atoms with E-state index in [0.29, 0.717) is 50.4 Å². The van der Waals surface area contributed by atoms with Crippen molar-refractivity contribution in [3.8, 4) is 11.1 Å². The predicted molar refractivity (Wildman–Crippen MR) is 133 cm³/mol. The monoisotopic (exact) mass is 503 g/mol. The quantitative estimate of drug-likeness (QED) is 0.347. The molecule has 0 bridgehead atoms. The first-order chi connectivity index (χ1) is 16.4. The molecule has 2 aliphatic rings. The van der Waals surface area contributed by atoms with E-state index in [0.717, 1.165) is 35.1 Å². The molecule has 0 unspecified atom stereocenters. The van der Waals surface area contributed by atoms with Gasteiger partial charge in [0, 0.05) is 26.9 Å². The zero-order valence-corrected chi connectivity index (χ0v) is 21.7. The molecule has 1 spiro atoms. The molecule has 2 aromatic rings. The number of benzene rings is 1. The molecule has 1 aromatic heterocycles. The second-order valence-electron chi connectivity index (χ2n) is 10.7. The van der Waals surface area contributed by atoms with Crippen molar-refractivity contribution in [1.29, 1.82) is 0 Å². The van der Waals surface area contributed by atoms with Crippen LogP contribution in [0.4, 0.5) is 13.2 Å². The van der Waals surface area contributed by atoms with E-state index in [4.69, 9.17) is 9.73 Å². The average Bonchev–Trinajstić information content (AvgIpc) is 3.34. The van der Waals surface area contributed by atoms with Crippen LogP contribution in [0.2, 0.25) is 25.7 Å². The SMILES string of the molecule is Cc1cc(-c2ccc(C(F)(F)F)cc2)cc(C2=N[C@@]3(CC2)CCN(COCC[Si](C)(C)C)C3=O)n1. The number of amides is 1. The number of pyridine rings is 1. The van der Waals surface area contributed by atoms with E-state index < -0.39 is 25.4 Å². The number of carbonyl (C=O) groups excluding carboxylic acids is 1. The third kappa shape index (κ3) is 5.83. The predicted octanol–water partition coefficient (Wildman–Crippen LogP) is 5.94. The van der Waals surface area contributed by atoms with Gasteiger partial charge >= 0.3 is 6.18 Å². The maximum absolute atomic E-state index is 13.2. The normalized spacial score (nSPS) is 20.7. The van der Waals surface area contributed by atoms with Crippen LogP contribution in [0.15, 0.2) is 41.4 Å². The lowest BCUT2D eigenvalue weighted by atomic mass is 9.95. The number of aryl methyl sites for hydroxylation is 1. The van der Waals surface area contributed by atoms with E-state index in [-0.39, 0.29) is 5.91 Å². The smallest absolute Gasteiger partial charge is 0.361 e. The molecular weight excluding hydrogens is 471 g/mol. The molecule has 1 amide bonds. The van der Waals surface area contributed by atoms with Crippen LogP contribution in [0.5, 0.6) is 0 Å². The summed E-state index contributed by atoms with van der Waals surface area (Å²) in [5, 5.41) is 0. The fourth-order valence-electron chi connectivity index (χ4n) is 4.55. The highest BCUT2D eigenvalue weighted by atomic mass is 28.3. The highest BCUT2D eigenvalue weighted by Gasteiger charge is 2.49. The maximum atomic E-state index is 13.2. The lowest BCUT2D eigenvalue weighted by molar-refractivity contribution is -0.138. The number of ether oxygens (including phenoxy) is 1. The summed E-state index contributed by atoms with van der Waals surface area (Å²) in [5.74, 6) is 0.0103. The van der Waals surface area contributed by atoms with Crippen LogP contribution in [0.3, 0.4) is 0 Å². The molecule has 35 heavy (non-hydrogen) atoms. The number of likely N-dealkylation sites (tertiary alicyclic amines) is 1. The molecule has 1 atom stereocenters. The average molecular weight is 504 g/mol. The number of hydrogen-bond donors (Lipinski definition) is 0. The Morgan fingerprint density at radius 2 is 1.80 bits per heavy atom. The van der Waals surface area contributed by atoms with Gasteiger partial charge in [-0.25, -0.2) is 0 Å². The van der Waals surface area contributed by atoms with Gasteiger partial charge in [-0.1, -0.05) is 31.8 Å². The fourth-order valence-corrected chi connectivity index (χ4v) is 5.31. The Labute approximate surface area is 205 Å². The van der Waals surface area contributed by atoms with Crippen LogP contribution in [-0.2, 0) is 15.7 Å². The van der Waals surface area contributed by atoms with Gasteiger partial charge in [-0.15, -0.1) is 0 Å². The lowest BCUT2D eigenvalue weighted by Gasteiger charge is -2.21. The van der Waals surface area contributed by atoms with Crippen LogP contribution in [0.1, 0.15) is 36.2 Å². The van der Waals surface area contributed by atoms with Crippen LogP contribution in [-0.4, -0.2) is 55.0 Å². The number of rotatable bonds is 7. The summed E-state index contributed by atoms with van der Waals surface area (Å²) in [4.78, 5) is 24.5. The van der Waals surface area contributed by atoms with E-state index in [1.54, 1.807) is 4.90 Å². The largest absolute Gasteiger partial charge is 0.416 e. The van der Waals surface area contributed by atoms with Gasteiger partial charge in [0.2, 0.25) is 0 Å². The van der Waals surface area contributed by atoms with E-state index >= 15 is 0 Å². The summed E-state index contributed by atoms with van der Waals surface area (Å²) in [6.45, 7) is 10.3. The van der Waals surface area contributed by atoms with Crippen LogP contribution in [0.25, 0.3) is 11.1 Å². The summed E-state index contributed by atoms with van der Waals surface area (Å²) >= 11 is 0. The minimum Gasteiger partial charge on any atom is -0.361 e. The van der Waals surface area contributed by atoms with Crippen molar-refractivity contribution in [2.45, 2.75) is 63.6 Å². The molecule has 1 aromatic carbocycles. The molecule has 4 rings (SSSR count). The van der Waals surface area contributed by atoms with Gasteiger partial charge in [-0.2, -0.15) is 13.2 Å². The van der Waals surface area contributed by atoms with Crippen molar-refractivity contribution >= 4 is 19.7 Å². The summed E-state index contributed by atoms with van der Waals surface area (Å²) in [7, 11) is -1.18. The molecule has 0 radical (unpaired) electrons. The zero-order chi connectivity index (χ0) is 25.4. The summed E-state index contributed by atoms with van der Waals surface area (Å²) in [6.07, 6.45) is -2.44. The topological polar surface area (TPSA) is 54.8 Å². The van der Waals surface area contributed by atoms with E-state index in [1.165, 1.54) is 12.1 Å². The van der Waals surface area contributed by atoms with Gasteiger partial charge in [-0.05, 0) is 67.6 Å². The molecule has 0 aliphatic carbocycles. The minimum absolute atomic E-state index is 0.0103.